The molecule has 0 bridgehead atoms. The van der Waals surface area contributed by atoms with Gasteiger partial charge in [0.15, 0.2) is 0 Å². The summed E-state index contributed by atoms with van der Waals surface area (Å²) in [6.07, 6.45) is 1.77. The summed E-state index contributed by atoms with van der Waals surface area (Å²) in [5.74, 6) is 0.361. The predicted molar refractivity (Wildman–Crippen MR) is 72.5 cm³/mol. The highest BCUT2D eigenvalue weighted by Crippen LogP contribution is 2.20. The lowest BCUT2D eigenvalue weighted by Gasteiger charge is -2.12. The summed E-state index contributed by atoms with van der Waals surface area (Å²) in [6.45, 7) is 7.16. The van der Waals surface area contributed by atoms with Crippen molar-refractivity contribution in [1.82, 2.24) is 9.78 Å². The van der Waals surface area contributed by atoms with Crippen LogP contribution in [-0.4, -0.2) is 14.9 Å². The Balaban J connectivity index is 2.32. The third-order valence-electron chi connectivity index (χ3n) is 3.09. The maximum Gasteiger partial charge on any atom is 0.0715 e. The number of aryl methyl sites for hydroxylation is 1. The SMILES string of the molecule is Cc1cccc(Cn2ncc(CO)c2C(C)C)c1. The largest absolute Gasteiger partial charge is 0.392 e. The molecule has 0 aliphatic rings. The summed E-state index contributed by atoms with van der Waals surface area (Å²) in [5.41, 5.74) is 4.55. The molecule has 0 saturated carbocycles. The molecule has 0 atom stereocenters. The van der Waals surface area contributed by atoms with Gasteiger partial charge in [-0.05, 0) is 18.4 Å². The van der Waals surface area contributed by atoms with E-state index in [-0.39, 0.29) is 6.61 Å². The van der Waals surface area contributed by atoms with Crippen molar-refractivity contribution in [2.45, 2.75) is 39.8 Å². The number of aliphatic hydroxyl groups is 1. The highest BCUT2D eigenvalue weighted by Gasteiger charge is 2.13. The zero-order valence-electron chi connectivity index (χ0n) is 11.2. The molecule has 2 aromatic rings. The number of hydrogen-bond donors (Lipinski definition) is 1. The van der Waals surface area contributed by atoms with Crippen LogP contribution in [0.5, 0.6) is 0 Å². The molecule has 3 nitrogen and oxygen atoms in total. The van der Waals surface area contributed by atoms with E-state index in [0.29, 0.717) is 5.92 Å². The van der Waals surface area contributed by atoms with Crippen molar-refractivity contribution in [3.63, 3.8) is 0 Å². The van der Waals surface area contributed by atoms with Crippen LogP contribution in [0.15, 0.2) is 30.5 Å². The van der Waals surface area contributed by atoms with Gasteiger partial charge in [0.1, 0.15) is 0 Å². The van der Waals surface area contributed by atoms with Gasteiger partial charge in [0.2, 0.25) is 0 Å². The molecule has 0 aliphatic carbocycles. The van der Waals surface area contributed by atoms with Crippen LogP contribution >= 0.6 is 0 Å². The summed E-state index contributed by atoms with van der Waals surface area (Å²) in [7, 11) is 0. The Labute approximate surface area is 108 Å². The first-order valence-electron chi connectivity index (χ1n) is 6.32. The summed E-state index contributed by atoms with van der Waals surface area (Å²) in [5, 5.41) is 13.7. The van der Waals surface area contributed by atoms with Gasteiger partial charge in [-0.3, -0.25) is 4.68 Å². The highest BCUT2D eigenvalue weighted by molar-refractivity contribution is 5.25. The Hall–Kier alpha value is -1.61. The maximum absolute atomic E-state index is 9.34. The minimum atomic E-state index is 0.0569. The number of aromatic nitrogens is 2. The number of aliphatic hydroxyl groups excluding tert-OH is 1. The molecule has 18 heavy (non-hydrogen) atoms. The molecular formula is C15H20N2O. The zero-order chi connectivity index (χ0) is 13.1. The lowest BCUT2D eigenvalue weighted by atomic mass is 10.1. The molecule has 1 aromatic heterocycles. The molecule has 3 heteroatoms. The minimum absolute atomic E-state index is 0.0569. The van der Waals surface area contributed by atoms with E-state index in [4.69, 9.17) is 0 Å². The van der Waals surface area contributed by atoms with Gasteiger partial charge in [-0.2, -0.15) is 5.10 Å². The molecule has 1 heterocycles. The van der Waals surface area contributed by atoms with Crippen LogP contribution in [0.2, 0.25) is 0 Å². The van der Waals surface area contributed by atoms with E-state index in [1.54, 1.807) is 6.20 Å². The molecule has 0 aliphatic heterocycles. The molecule has 2 rings (SSSR count). The normalized spacial score (nSPS) is 11.2. The van der Waals surface area contributed by atoms with Crippen LogP contribution in [0.1, 0.15) is 42.1 Å². The lowest BCUT2D eigenvalue weighted by Crippen LogP contribution is -2.09. The molecule has 1 N–H and O–H groups in total. The van der Waals surface area contributed by atoms with Gasteiger partial charge < -0.3 is 5.11 Å². The van der Waals surface area contributed by atoms with E-state index < -0.39 is 0 Å². The van der Waals surface area contributed by atoms with Gasteiger partial charge >= 0.3 is 0 Å². The topological polar surface area (TPSA) is 38.0 Å². The molecule has 96 valence electrons. The highest BCUT2D eigenvalue weighted by atomic mass is 16.3. The van der Waals surface area contributed by atoms with Crippen molar-refractivity contribution in [2.24, 2.45) is 0 Å². The smallest absolute Gasteiger partial charge is 0.0715 e. The zero-order valence-corrected chi connectivity index (χ0v) is 11.2. The summed E-state index contributed by atoms with van der Waals surface area (Å²) in [6, 6.07) is 8.44. The van der Waals surface area contributed by atoms with Gasteiger partial charge in [-0.1, -0.05) is 43.7 Å². The van der Waals surface area contributed by atoms with Gasteiger partial charge in [-0.25, -0.2) is 0 Å². The van der Waals surface area contributed by atoms with Crippen LogP contribution in [0.25, 0.3) is 0 Å². The average Bonchev–Trinajstić information content (AvgIpc) is 2.72. The van der Waals surface area contributed by atoms with Gasteiger partial charge in [0, 0.05) is 11.3 Å². The molecule has 0 amide bonds. The van der Waals surface area contributed by atoms with Gasteiger partial charge in [0.05, 0.1) is 19.3 Å². The molecule has 0 saturated heterocycles. The van der Waals surface area contributed by atoms with Crippen molar-refractivity contribution < 1.29 is 5.11 Å². The third-order valence-corrected chi connectivity index (χ3v) is 3.09. The lowest BCUT2D eigenvalue weighted by molar-refractivity contribution is 0.279. The van der Waals surface area contributed by atoms with E-state index in [2.05, 4.69) is 50.1 Å². The number of nitrogens with zero attached hydrogens (tertiary/aromatic N) is 2. The fraction of sp³-hybridized carbons (Fsp3) is 0.400. The second-order valence-electron chi connectivity index (χ2n) is 5.01. The molecule has 0 fully saturated rings. The van der Waals surface area contributed by atoms with E-state index in [9.17, 15) is 5.11 Å². The van der Waals surface area contributed by atoms with Crippen LogP contribution in [-0.2, 0) is 13.2 Å². The van der Waals surface area contributed by atoms with Crippen molar-refractivity contribution in [3.05, 3.63) is 52.8 Å². The van der Waals surface area contributed by atoms with E-state index >= 15 is 0 Å². The van der Waals surface area contributed by atoms with Gasteiger partial charge in [0.25, 0.3) is 0 Å². The summed E-state index contributed by atoms with van der Waals surface area (Å²) < 4.78 is 1.99. The molecule has 0 unspecified atom stereocenters. The van der Waals surface area contributed by atoms with Crippen molar-refractivity contribution >= 4 is 0 Å². The molecule has 0 radical (unpaired) electrons. The number of rotatable bonds is 4. The Bertz CT molecular complexity index is 529. The fourth-order valence-electron chi connectivity index (χ4n) is 2.33. The quantitative estimate of drug-likeness (QED) is 0.898. The van der Waals surface area contributed by atoms with Crippen molar-refractivity contribution in [3.8, 4) is 0 Å². The Morgan fingerprint density at radius 2 is 2.11 bits per heavy atom. The molecule has 0 spiro atoms. The molecule has 1 aromatic carbocycles. The maximum atomic E-state index is 9.34. The monoisotopic (exact) mass is 244 g/mol. The Morgan fingerprint density at radius 1 is 1.33 bits per heavy atom. The van der Waals surface area contributed by atoms with E-state index in [0.717, 1.165) is 17.8 Å². The fourth-order valence-corrected chi connectivity index (χ4v) is 2.33. The van der Waals surface area contributed by atoms with E-state index in [1.165, 1.54) is 11.1 Å². The van der Waals surface area contributed by atoms with E-state index in [1.807, 2.05) is 4.68 Å². The van der Waals surface area contributed by atoms with Crippen LogP contribution < -0.4 is 0 Å². The number of benzene rings is 1. The minimum Gasteiger partial charge on any atom is -0.392 e. The second kappa shape index (κ2) is 5.36. The number of hydrogen-bond acceptors (Lipinski definition) is 2. The Morgan fingerprint density at radius 3 is 2.72 bits per heavy atom. The Kier molecular flexibility index (Phi) is 3.82. The average molecular weight is 244 g/mol. The third kappa shape index (κ3) is 2.62. The first kappa shape index (κ1) is 12.8. The van der Waals surface area contributed by atoms with Crippen molar-refractivity contribution in [1.29, 1.82) is 0 Å². The van der Waals surface area contributed by atoms with Crippen molar-refractivity contribution in [2.75, 3.05) is 0 Å². The summed E-state index contributed by atoms with van der Waals surface area (Å²) >= 11 is 0. The van der Waals surface area contributed by atoms with Crippen LogP contribution in [0.4, 0.5) is 0 Å². The first-order valence-corrected chi connectivity index (χ1v) is 6.32. The summed E-state index contributed by atoms with van der Waals surface area (Å²) in [4.78, 5) is 0. The van der Waals surface area contributed by atoms with Gasteiger partial charge in [-0.15, -0.1) is 0 Å². The van der Waals surface area contributed by atoms with Crippen LogP contribution in [0.3, 0.4) is 0 Å². The molecular weight excluding hydrogens is 224 g/mol. The predicted octanol–water partition coefficient (Wildman–Crippen LogP) is 2.86. The standard InChI is InChI=1S/C15H20N2O/c1-11(2)15-14(10-18)8-16-17(15)9-13-6-4-5-12(3)7-13/h4-8,11,18H,9-10H2,1-3H3. The first-order chi connectivity index (χ1) is 8.61. The second-order valence-corrected chi connectivity index (χ2v) is 5.01. The van der Waals surface area contributed by atoms with Crippen LogP contribution in [0, 0.1) is 6.92 Å².